The Morgan fingerprint density at radius 2 is 2.40 bits per heavy atom. The second-order valence-electron chi connectivity index (χ2n) is 3.55. The quantitative estimate of drug-likeness (QED) is 0.607. The number of halogens is 1. The molecule has 3 N–H and O–H groups in total. The summed E-state index contributed by atoms with van der Waals surface area (Å²) in [6.07, 6.45) is 1.69. The number of aromatic nitrogens is 1. The Hall–Kier alpha value is -1.29. The maximum Gasteiger partial charge on any atom is 0.147 e. The van der Waals surface area contributed by atoms with E-state index in [-0.39, 0.29) is 11.8 Å². The van der Waals surface area contributed by atoms with Crippen LogP contribution in [0.15, 0.2) is 18.3 Å². The molecule has 1 rings (SSSR count). The average molecular weight is 227 g/mol. The Kier molecular flexibility index (Phi) is 3.91. The molecule has 1 atom stereocenters. The van der Waals surface area contributed by atoms with Crippen molar-refractivity contribution in [1.29, 1.82) is 5.41 Å². The van der Waals surface area contributed by atoms with Crippen LogP contribution in [0, 0.1) is 11.3 Å². The van der Waals surface area contributed by atoms with Crippen LogP contribution in [0.2, 0.25) is 5.02 Å². The van der Waals surface area contributed by atoms with Gasteiger partial charge in [-0.3, -0.25) is 5.41 Å². The molecule has 15 heavy (non-hydrogen) atoms. The van der Waals surface area contributed by atoms with Gasteiger partial charge in [0.05, 0.1) is 10.9 Å². The lowest BCUT2D eigenvalue weighted by atomic mass is 10.1. The van der Waals surface area contributed by atoms with E-state index in [0.717, 1.165) is 0 Å². The highest BCUT2D eigenvalue weighted by Crippen LogP contribution is 2.21. The maximum atomic E-state index is 7.31. The fourth-order valence-electron chi connectivity index (χ4n) is 1.25. The van der Waals surface area contributed by atoms with E-state index in [2.05, 4.69) is 4.98 Å². The third-order valence-electron chi connectivity index (χ3n) is 2.18. The lowest BCUT2D eigenvalue weighted by molar-refractivity contribution is 0.723. The molecule has 5 heteroatoms. The summed E-state index contributed by atoms with van der Waals surface area (Å²) >= 11 is 5.99. The number of amidine groups is 1. The minimum Gasteiger partial charge on any atom is -0.387 e. The van der Waals surface area contributed by atoms with Gasteiger partial charge >= 0.3 is 0 Å². The summed E-state index contributed by atoms with van der Waals surface area (Å²) in [4.78, 5) is 6.07. The van der Waals surface area contributed by atoms with Crippen LogP contribution in [0.5, 0.6) is 0 Å². The zero-order chi connectivity index (χ0) is 11.4. The second-order valence-corrected chi connectivity index (χ2v) is 3.95. The van der Waals surface area contributed by atoms with Crippen molar-refractivity contribution < 1.29 is 0 Å². The Bertz CT molecular complexity index is 353. The summed E-state index contributed by atoms with van der Waals surface area (Å²) in [5.41, 5.74) is 5.40. The fraction of sp³-hybridized carbons (Fsp3) is 0.400. The Balaban J connectivity index is 2.73. The molecule has 0 aliphatic carbocycles. The minimum atomic E-state index is -0.00641. The van der Waals surface area contributed by atoms with Crippen LogP contribution in [0.4, 0.5) is 5.82 Å². The molecule has 0 amide bonds. The van der Waals surface area contributed by atoms with E-state index in [9.17, 15) is 0 Å². The third-order valence-corrected chi connectivity index (χ3v) is 2.47. The van der Waals surface area contributed by atoms with Gasteiger partial charge < -0.3 is 10.6 Å². The van der Waals surface area contributed by atoms with Crippen LogP contribution < -0.4 is 10.6 Å². The molecule has 0 saturated carbocycles. The van der Waals surface area contributed by atoms with E-state index in [1.165, 1.54) is 0 Å². The van der Waals surface area contributed by atoms with Crippen LogP contribution in [-0.4, -0.2) is 24.4 Å². The Morgan fingerprint density at radius 3 is 2.93 bits per heavy atom. The van der Waals surface area contributed by atoms with E-state index >= 15 is 0 Å². The standard InChI is InChI=1S/C10H15ClN4/c1-7(9(12)13)6-15(2)10-8(11)4-3-5-14-10/h3-5,7H,6H2,1-2H3,(H3,12,13). The predicted molar refractivity (Wildman–Crippen MR) is 63.6 cm³/mol. The molecular formula is C10H15ClN4. The maximum absolute atomic E-state index is 7.31. The number of rotatable bonds is 4. The molecule has 0 saturated heterocycles. The van der Waals surface area contributed by atoms with Crippen molar-refractivity contribution in [3.63, 3.8) is 0 Å². The van der Waals surface area contributed by atoms with Gasteiger partial charge in [0.1, 0.15) is 5.82 Å². The molecule has 0 bridgehead atoms. The lowest BCUT2D eigenvalue weighted by Gasteiger charge is -2.22. The zero-order valence-corrected chi connectivity index (χ0v) is 9.62. The average Bonchev–Trinajstić information content (AvgIpc) is 2.18. The van der Waals surface area contributed by atoms with Crippen molar-refractivity contribution >= 4 is 23.3 Å². The van der Waals surface area contributed by atoms with Crippen LogP contribution in [-0.2, 0) is 0 Å². The molecular weight excluding hydrogens is 212 g/mol. The van der Waals surface area contributed by atoms with E-state index in [4.69, 9.17) is 22.7 Å². The molecule has 0 spiro atoms. The van der Waals surface area contributed by atoms with Gasteiger partial charge in [-0.2, -0.15) is 0 Å². The number of hydrogen-bond donors (Lipinski definition) is 2. The highest BCUT2D eigenvalue weighted by atomic mass is 35.5. The van der Waals surface area contributed by atoms with Gasteiger partial charge in [0.2, 0.25) is 0 Å². The Morgan fingerprint density at radius 1 is 1.73 bits per heavy atom. The molecule has 1 heterocycles. The molecule has 4 nitrogen and oxygen atoms in total. The monoisotopic (exact) mass is 226 g/mol. The van der Waals surface area contributed by atoms with Crippen LogP contribution in [0.3, 0.4) is 0 Å². The lowest BCUT2D eigenvalue weighted by Crippen LogP contribution is -2.32. The SMILES string of the molecule is CC(CN(C)c1ncccc1Cl)C(=N)N. The van der Waals surface area contributed by atoms with Crippen molar-refractivity contribution in [2.45, 2.75) is 6.92 Å². The zero-order valence-electron chi connectivity index (χ0n) is 8.87. The summed E-state index contributed by atoms with van der Waals surface area (Å²) < 4.78 is 0. The smallest absolute Gasteiger partial charge is 0.147 e. The number of nitrogens with zero attached hydrogens (tertiary/aromatic N) is 2. The van der Waals surface area contributed by atoms with Gasteiger partial charge in [-0.25, -0.2) is 4.98 Å². The van der Waals surface area contributed by atoms with Gasteiger partial charge in [-0.15, -0.1) is 0 Å². The first kappa shape index (κ1) is 11.8. The van der Waals surface area contributed by atoms with E-state index in [1.807, 2.05) is 18.9 Å². The second kappa shape index (κ2) is 4.98. The van der Waals surface area contributed by atoms with E-state index < -0.39 is 0 Å². The number of nitrogens with one attached hydrogen (secondary N) is 1. The molecule has 0 aromatic carbocycles. The molecule has 0 aliphatic rings. The molecule has 82 valence electrons. The van der Waals surface area contributed by atoms with Crippen LogP contribution in [0.1, 0.15) is 6.92 Å². The van der Waals surface area contributed by atoms with Crippen molar-refractivity contribution in [2.24, 2.45) is 11.7 Å². The first-order valence-corrected chi connectivity index (χ1v) is 5.05. The topological polar surface area (TPSA) is 66.0 Å². The number of hydrogen-bond acceptors (Lipinski definition) is 3. The largest absolute Gasteiger partial charge is 0.387 e. The summed E-state index contributed by atoms with van der Waals surface area (Å²) in [6.45, 7) is 2.53. The first-order chi connectivity index (χ1) is 7.02. The summed E-state index contributed by atoms with van der Waals surface area (Å²) in [5.74, 6) is 0.884. The van der Waals surface area contributed by atoms with Gasteiger partial charge in [-0.1, -0.05) is 18.5 Å². The predicted octanol–water partition coefficient (Wildman–Crippen LogP) is 1.74. The third kappa shape index (κ3) is 3.09. The van der Waals surface area contributed by atoms with Crippen molar-refractivity contribution in [3.8, 4) is 0 Å². The molecule has 1 unspecified atom stereocenters. The fourth-order valence-corrected chi connectivity index (χ4v) is 1.52. The molecule has 0 aliphatic heterocycles. The highest BCUT2D eigenvalue weighted by molar-refractivity contribution is 6.32. The summed E-state index contributed by atoms with van der Waals surface area (Å²) in [5, 5.41) is 7.91. The molecule has 0 radical (unpaired) electrons. The summed E-state index contributed by atoms with van der Waals surface area (Å²) in [6, 6.07) is 3.58. The first-order valence-electron chi connectivity index (χ1n) is 4.68. The van der Waals surface area contributed by atoms with Crippen molar-refractivity contribution in [1.82, 2.24) is 4.98 Å². The Labute approximate surface area is 94.6 Å². The number of nitrogens with two attached hydrogens (primary N) is 1. The van der Waals surface area contributed by atoms with Gasteiger partial charge in [0, 0.05) is 25.7 Å². The van der Waals surface area contributed by atoms with E-state index in [0.29, 0.717) is 17.4 Å². The van der Waals surface area contributed by atoms with Gasteiger partial charge in [-0.05, 0) is 12.1 Å². The molecule has 1 aromatic heterocycles. The van der Waals surface area contributed by atoms with Gasteiger partial charge in [0.25, 0.3) is 0 Å². The van der Waals surface area contributed by atoms with Crippen LogP contribution >= 0.6 is 11.6 Å². The molecule has 1 aromatic rings. The molecule has 0 fully saturated rings. The number of anilines is 1. The van der Waals surface area contributed by atoms with Crippen molar-refractivity contribution in [3.05, 3.63) is 23.4 Å². The van der Waals surface area contributed by atoms with Gasteiger partial charge in [0.15, 0.2) is 0 Å². The minimum absolute atomic E-state index is 0.00641. The number of pyridine rings is 1. The highest BCUT2D eigenvalue weighted by Gasteiger charge is 2.12. The summed E-state index contributed by atoms with van der Waals surface area (Å²) in [7, 11) is 1.88. The van der Waals surface area contributed by atoms with Crippen LogP contribution in [0.25, 0.3) is 0 Å². The normalized spacial score (nSPS) is 12.2. The van der Waals surface area contributed by atoms with Crippen molar-refractivity contribution in [2.75, 3.05) is 18.5 Å². The van der Waals surface area contributed by atoms with E-state index in [1.54, 1.807) is 18.3 Å².